The summed E-state index contributed by atoms with van der Waals surface area (Å²) in [7, 11) is 0. The molecule has 0 radical (unpaired) electrons. The molecule has 78 valence electrons. The minimum absolute atomic E-state index is 0.134. The zero-order valence-corrected chi connectivity index (χ0v) is 11.5. The van der Waals surface area contributed by atoms with Crippen molar-refractivity contribution in [1.82, 2.24) is 4.98 Å². The average Bonchev–Trinajstić information content (AvgIpc) is 2.04. The number of nitrogens with zero attached hydrogens (tertiary/aromatic N) is 1. The molecule has 1 aromatic rings. The van der Waals surface area contributed by atoms with Gasteiger partial charge in [-0.1, -0.05) is 0 Å². The van der Waals surface area contributed by atoms with Crippen molar-refractivity contribution in [3.63, 3.8) is 0 Å². The van der Waals surface area contributed by atoms with Gasteiger partial charge in [0.1, 0.15) is 3.70 Å². The Kier molecular flexibility index (Phi) is 4.03. The van der Waals surface area contributed by atoms with Crippen LogP contribution in [0.15, 0.2) is 15.1 Å². The Bertz CT molecular complexity index is 358. The first kappa shape index (κ1) is 12.5. The van der Waals surface area contributed by atoms with Gasteiger partial charge in [-0.25, -0.2) is 4.98 Å². The Labute approximate surface area is 108 Å². The summed E-state index contributed by atoms with van der Waals surface area (Å²) in [4.78, 5) is 3.71. The van der Waals surface area contributed by atoms with E-state index in [0.717, 1.165) is 0 Å². The van der Waals surface area contributed by atoms with E-state index in [9.17, 15) is 13.2 Å². The maximum atomic E-state index is 11.9. The molecular weight excluding hydrogens is 446 g/mol. The van der Waals surface area contributed by atoms with Crippen LogP contribution in [0.25, 0.3) is 0 Å². The number of alkyl halides is 3. The molecule has 1 aromatic heterocycles. The van der Waals surface area contributed by atoms with Crippen LogP contribution in [-0.4, -0.2) is 11.3 Å². The standard InChI is InChI=1S/C6HBr2F3INO/c7-2-1-13-5(12)4(3(2)8)14-6(9,10)11/h1H. The zero-order valence-electron chi connectivity index (χ0n) is 6.20. The van der Waals surface area contributed by atoms with E-state index in [0.29, 0.717) is 4.47 Å². The van der Waals surface area contributed by atoms with Crippen molar-refractivity contribution in [3.8, 4) is 5.75 Å². The Morgan fingerprint density at radius 1 is 1.36 bits per heavy atom. The molecule has 0 aliphatic carbocycles. The maximum Gasteiger partial charge on any atom is 0.573 e. The van der Waals surface area contributed by atoms with E-state index < -0.39 is 6.36 Å². The van der Waals surface area contributed by atoms with Crippen LogP contribution in [0.5, 0.6) is 5.75 Å². The number of pyridine rings is 1. The Balaban J connectivity index is 3.13. The van der Waals surface area contributed by atoms with Crippen molar-refractivity contribution in [2.45, 2.75) is 6.36 Å². The lowest BCUT2D eigenvalue weighted by Gasteiger charge is -2.12. The van der Waals surface area contributed by atoms with Crippen molar-refractivity contribution in [2.24, 2.45) is 0 Å². The second-order valence-electron chi connectivity index (χ2n) is 2.09. The van der Waals surface area contributed by atoms with Crippen molar-refractivity contribution >= 4 is 54.5 Å². The number of rotatable bonds is 1. The van der Waals surface area contributed by atoms with E-state index in [1.807, 2.05) is 0 Å². The van der Waals surface area contributed by atoms with Crippen LogP contribution >= 0.6 is 54.5 Å². The summed E-state index contributed by atoms with van der Waals surface area (Å²) in [5, 5.41) is 0. The van der Waals surface area contributed by atoms with E-state index in [1.165, 1.54) is 6.20 Å². The first-order valence-corrected chi connectivity index (χ1v) is 5.73. The van der Waals surface area contributed by atoms with Crippen LogP contribution in [0, 0.1) is 3.70 Å². The molecule has 0 aromatic carbocycles. The first-order chi connectivity index (χ1) is 6.31. The lowest BCUT2D eigenvalue weighted by atomic mass is 10.5. The molecule has 0 atom stereocenters. The number of halogens is 6. The van der Waals surface area contributed by atoms with Crippen LogP contribution in [0.2, 0.25) is 0 Å². The predicted octanol–water partition coefficient (Wildman–Crippen LogP) is 4.11. The van der Waals surface area contributed by atoms with Gasteiger partial charge in [0.15, 0.2) is 5.75 Å². The smallest absolute Gasteiger partial charge is 0.402 e. The quantitative estimate of drug-likeness (QED) is 0.478. The van der Waals surface area contributed by atoms with Crippen LogP contribution in [-0.2, 0) is 0 Å². The third-order valence-electron chi connectivity index (χ3n) is 1.11. The topological polar surface area (TPSA) is 22.1 Å². The van der Waals surface area contributed by atoms with Gasteiger partial charge in [0.05, 0.1) is 8.95 Å². The highest BCUT2D eigenvalue weighted by molar-refractivity contribution is 14.1. The van der Waals surface area contributed by atoms with Crippen LogP contribution in [0.1, 0.15) is 0 Å². The van der Waals surface area contributed by atoms with Crippen LogP contribution in [0.4, 0.5) is 13.2 Å². The second kappa shape index (κ2) is 4.52. The molecule has 1 heterocycles. The monoisotopic (exact) mass is 445 g/mol. The van der Waals surface area contributed by atoms with Gasteiger partial charge < -0.3 is 4.74 Å². The molecule has 0 aliphatic rings. The molecule has 0 aliphatic heterocycles. The summed E-state index contributed by atoms with van der Waals surface area (Å²) < 4.78 is 40.4. The van der Waals surface area contributed by atoms with E-state index in [4.69, 9.17) is 0 Å². The summed E-state index contributed by atoms with van der Waals surface area (Å²) in [6.07, 6.45) is -3.33. The normalized spacial score (nSPS) is 11.6. The molecule has 14 heavy (non-hydrogen) atoms. The highest BCUT2D eigenvalue weighted by Crippen LogP contribution is 2.37. The average molecular weight is 447 g/mol. The SMILES string of the molecule is FC(F)(F)Oc1c(I)ncc(Br)c1Br. The molecule has 0 N–H and O–H groups in total. The maximum absolute atomic E-state index is 11.9. The molecule has 1 rings (SSSR count). The summed E-state index contributed by atoms with van der Waals surface area (Å²) in [6.45, 7) is 0. The van der Waals surface area contributed by atoms with Gasteiger partial charge in [-0.2, -0.15) is 0 Å². The lowest BCUT2D eigenvalue weighted by Crippen LogP contribution is -2.18. The molecule has 0 bridgehead atoms. The molecule has 8 heteroatoms. The highest BCUT2D eigenvalue weighted by atomic mass is 127. The summed E-state index contributed by atoms with van der Waals surface area (Å²) in [5.74, 6) is -0.340. The molecule has 0 saturated heterocycles. The zero-order chi connectivity index (χ0) is 10.9. The fraction of sp³-hybridized carbons (Fsp3) is 0.167. The van der Waals surface area contributed by atoms with Crippen LogP contribution < -0.4 is 4.74 Å². The van der Waals surface area contributed by atoms with Gasteiger partial charge in [0, 0.05) is 6.20 Å². The van der Waals surface area contributed by atoms with E-state index in [1.54, 1.807) is 22.6 Å². The van der Waals surface area contributed by atoms with Gasteiger partial charge in [0.25, 0.3) is 0 Å². The minimum Gasteiger partial charge on any atom is -0.402 e. The van der Waals surface area contributed by atoms with Crippen molar-refractivity contribution in [2.75, 3.05) is 0 Å². The lowest BCUT2D eigenvalue weighted by molar-refractivity contribution is -0.275. The predicted molar refractivity (Wildman–Crippen MR) is 59.0 cm³/mol. The van der Waals surface area contributed by atoms with E-state index in [-0.39, 0.29) is 13.9 Å². The number of hydrogen-bond acceptors (Lipinski definition) is 2. The molecule has 0 unspecified atom stereocenters. The Morgan fingerprint density at radius 3 is 2.43 bits per heavy atom. The van der Waals surface area contributed by atoms with Gasteiger partial charge in [-0.15, -0.1) is 13.2 Å². The van der Waals surface area contributed by atoms with Gasteiger partial charge in [-0.05, 0) is 54.5 Å². The third-order valence-corrected chi connectivity index (χ3v) is 3.79. The number of aromatic nitrogens is 1. The summed E-state index contributed by atoms with van der Waals surface area (Å²) >= 11 is 7.65. The molecule has 0 amide bonds. The Morgan fingerprint density at radius 2 is 1.93 bits per heavy atom. The number of hydrogen-bond donors (Lipinski definition) is 0. The van der Waals surface area contributed by atoms with Crippen molar-refractivity contribution in [1.29, 1.82) is 0 Å². The highest BCUT2D eigenvalue weighted by Gasteiger charge is 2.33. The van der Waals surface area contributed by atoms with E-state index in [2.05, 4.69) is 41.6 Å². The second-order valence-corrected chi connectivity index (χ2v) is 4.76. The molecular formula is C6HBr2F3INO. The van der Waals surface area contributed by atoms with Gasteiger partial charge >= 0.3 is 6.36 Å². The molecule has 2 nitrogen and oxygen atoms in total. The summed E-state index contributed by atoms with van der Waals surface area (Å²) in [6, 6.07) is 0. The van der Waals surface area contributed by atoms with Crippen molar-refractivity contribution < 1.29 is 17.9 Å². The molecule has 0 spiro atoms. The first-order valence-electron chi connectivity index (χ1n) is 3.06. The molecule has 0 fully saturated rings. The third kappa shape index (κ3) is 3.23. The van der Waals surface area contributed by atoms with E-state index >= 15 is 0 Å². The van der Waals surface area contributed by atoms with Crippen molar-refractivity contribution in [3.05, 3.63) is 18.8 Å². The van der Waals surface area contributed by atoms with Crippen LogP contribution in [0.3, 0.4) is 0 Å². The van der Waals surface area contributed by atoms with Gasteiger partial charge in [0.2, 0.25) is 0 Å². The summed E-state index contributed by atoms with van der Waals surface area (Å²) in [5.41, 5.74) is 0. The number of ether oxygens (including phenoxy) is 1. The van der Waals surface area contributed by atoms with Gasteiger partial charge in [-0.3, -0.25) is 0 Å². The minimum atomic E-state index is -4.72. The fourth-order valence-electron chi connectivity index (χ4n) is 0.630. The fourth-order valence-corrected chi connectivity index (χ4v) is 2.17. The largest absolute Gasteiger partial charge is 0.573 e. The molecule has 0 saturated carbocycles. The Hall–Kier alpha value is 0.430.